The summed E-state index contributed by atoms with van der Waals surface area (Å²) in [5.74, 6) is 0. The summed E-state index contributed by atoms with van der Waals surface area (Å²) in [6, 6.07) is 8.44. The molecule has 1 aromatic carbocycles. The molecule has 0 unspecified atom stereocenters. The van der Waals surface area contributed by atoms with Crippen molar-refractivity contribution in [3.05, 3.63) is 36.0 Å². The number of nitrogens with zero attached hydrogens (tertiary/aromatic N) is 1. The highest BCUT2D eigenvalue weighted by molar-refractivity contribution is 5.83. The van der Waals surface area contributed by atoms with Crippen LogP contribution in [0.3, 0.4) is 0 Å². The standard InChI is InChI=1S/C13H17NO2/c1-10-5-4-6-12-11(10)7-8-14(12)9-13(15-2)16-3/h4-8,13H,9H2,1-3H3. The van der Waals surface area contributed by atoms with Gasteiger partial charge in [-0.2, -0.15) is 0 Å². The van der Waals surface area contributed by atoms with E-state index in [0.717, 1.165) is 0 Å². The zero-order chi connectivity index (χ0) is 11.5. The molecule has 1 heterocycles. The normalized spacial score (nSPS) is 11.5. The van der Waals surface area contributed by atoms with Gasteiger partial charge in [0.15, 0.2) is 6.29 Å². The van der Waals surface area contributed by atoms with E-state index in [2.05, 4.69) is 42.0 Å². The van der Waals surface area contributed by atoms with Crippen molar-refractivity contribution in [2.24, 2.45) is 0 Å². The molecule has 0 N–H and O–H groups in total. The molecule has 0 aliphatic rings. The second kappa shape index (κ2) is 4.68. The molecule has 0 bridgehead atoms. The van der Waals surface area contributed by atoms with Crippen LogP contribution in [-0.2, 0) is 16.0 Å². The summed E-state index contributed by atoms with van der Waals surface area (Å²) in [7, 11) is 3.32. The molecule has 0 saturated carbocycles. The molecule has 0 radical (unpaired) electrons. The number of fused-ring (bicyclic) bond motifs is 1. The average Bonchev–Trinajstić information content (AvgIpc) is 2.71. The van der Waals surface area contributed by atoms with Gasteiger partial charge in [-0.15, -0.1) is 0 Å². The molecule has 0 amide bonds. The van der Waals surface area contributed by atoms with Crippen LogP contribution in [0.1, 0.15) is 5.56 Å². The highest BCUT2D eigenvalue weighted by atomic mass is 16.7. The topological polar surface area (TPSA) is 23.4 Å². The average molecular weight is 219 g/mol. The van der Waals surface area contributed by atoms with Gasteiger partial charge in [-0.3, -0.25) is 0 Å². The number of methoxy groups -OCH3 is 2. The molecule has 2 aromatic rings. The van der Waals surface area contributed by atoms with Crippen molar-refractivity contribution < 1.29 is 9.47 Å². The van der Waals surface area contributed by atoms with Gasteiger partial charge in [0, 0.05) is 31.3 Å². The Bertz CT molecular complexity index is 472. The van der Waals surface area contributed by atoms with Crippen molar-refractivity contribution in [3.8, 4) is 0 Å². The quantitative estimate of drug-likeness (QED) is 0.738. The maximum atomic E-state index is 5.21. The number of aromatic nitrogens is 1. The monoisotopic (exact) mass is 219 g/mol. The third-order valence-corrected chi connectivity index (χ3v) is 2.90. The van der Waals surface area contributed by atoms with Crippen LogP contribution < -0.4 is 0 Å². The van der Waals surface area contributed by atoms with E-state index >= 15 is 0 Å². The lowest BCUT2D eigenvalue weighted by Gasteiger charge is -2.15. The lowest BCUT2D eigenvalue weighted by Crippen LogP contribution is -2.19. The van der Waals surface area contributed by atoms with Crippen LogP contribution >= 0.6 is 0 Å². The van der Waals surface area contributed by atoms with Crippen LogP contribution in [0.5, 0.6) is 0 Å². The van der Waals surface area contributed by atoms with Gasteiger partial charge in [-0.25, -0.2) is 0 Å². The molecule has 0 saturated heterocycles. The van der Waals surface area contributed by atoms with Gasteiger partial charge in [0.1, 0.15) is 0 Å². The second-order valence-electron chi connectivity index (χ2n) is 3.88. The summed E-state index contributed by atoms with van der Waals surface area (Å²) in [5.41, 5.74) is 2.52. The molecule has 0 fully saturated rings. The van der Waals surface area contributed by atoms with E-state index in [1.807, 2.05) is 0 Å². The Kier molecular flexibility index (Phi) is 3.27. The Balaban J connectivity index is 2.35. The van der Waals surface area contributed by atoms with E-state index in [0.29, 0.717) is 6.54 Å². The smallest absolute Gasteiger partial charge is 0.174 e. The Morgan fingerprint density at radius 3 is 2.62 bits per heavy atom. The highest BCUT2D eigenvalue weighted by Gasteiger charge is 2.08. The van der Waals surface area contributed by atoms with Gasteiger partial charge < -0.3 is 14.0 Å². The molecule has 1 aromatic heterocycles. The summed E-state index contributed by atoms with van der Waals surface area (Å²) in [6.45, 7) is 2.83. The van der Waals surface area contributed by atoms with E-state index in [1.54, 1.807) is 14.2 Å². The van der Waals surface area contributed by atoms with Crippen LogP contribution in [0.2, 0.25) is 0 Å². The second-order valence-corrected chi connectivity index (χ2v) is 3.88. The van der Waals surface area contributed by atoms with Crippen molar-refractivity contribution >= 4 is 10.9 Å². The van der Waals surface area contributed by atoms with Gasteiger partial charge in [0.05, 0.1) is 6.54 Å². The van der Waals surface area contributed by atoms with Crippen LogP contribution in [0.15, 0.2) is 30.5 Å². The zero-order valence-electron chi connectivity index (χ0n) is 9.93. The first kappa shape index (κ1) is 11.2. The largest absolute Gasteiger partial charge is 0.354 e. The predicted molar refractivity (Wildman–Crippen MR) is 64.5 cm³/mol. The van der Waals surface area contributed by atoms with Gasteiger partial charge >= 0.3 is 0 Å². The van der Waals surface area contributed by atoms with Crippen LogP contribution in [0, 0.1) is 6.92 Å². The molecule has 3 nitrogen and oxygen atoms in total. The Morgan fingerprint density at radius 1 is 1.19 bits per heavy atom. The fourth-order valence-corrected chi connectivity index (χ4v) is 1.94. The van der Waals surface area contributed by atoms with Crippen molar-refractivity contribution in [1.29, 1.82) is 0 Å². The van der Waals surface area contributed by atoms with E-state index in [1.165, 1.54) is 16.5 Å². The first-order chi connectivity index (χ1) is 7.76. The number of aryl methyl sites for hydroxylation is 1. The van der Waals surface area contributed by atoms with E-state index in [-0.39, 0.29) is 6.29 Å². The predicted octanol–water partition coefficient (Wildman–Crippen LogP) is 2.57. The van der Waals surface area contributed by atoms with Crippen molar-refractivity contribution in [3.63, 3.8) is 0 Å². The highest BCUT2D eigenvalue weighted by Crippen LogP contribution is 2.20. The van der Waals surface area contributed by atoms with Crippen molar-refractivity contribution in [2.75, 3.05) is 14.2 Å². The third kappa shape index (κ3) is 1.96. The fourth-order valence-electron chi connectivity index (χ4n) is 1.94. The van der Waals surface area contributed by atoms with Crippen LogP contribution in [0.25, 0.3) is 10.9 Å². The van der Waals surface area contributed by atoms with Gasteiger partial charge in [0.2, 0.25) is 0 Å². The Morgan fingerprint density at radius 2 is 1.94 bits per heavy atom. The summed E-state index contributed by atoms with van der Waals surface area (Å²) >= 11 is 0. The number of hydrogen-bond donors (Lipinski definition) is 0. The number of benzene rings is 1. The van der Waals surface area contributed by atoms with E-state index < -0.39 is 0 Å². The van der Waals surface area contributed by atoms with Crippen LogP contribution in [-0.4, -0.2) is 25.1 Å². The summed E-state index contributed by atoms with van der Waals surface area (Å²) in [4.78, 5) is 0. The lowest BCUT2D eigenvalue weighted by molar-refractivity contribution is -0.110. The van der Waals surface area contributed by atoms with Crippen molar-refractivity contribution in [2.45, 2.75) is 19.8 Å². The number of rotatable bonds is 4. The van der Waals surface area contributed by atoms with Gasteiger partial charge in [0.25, 0.3) is 0 Å². The zero-order valence-corrected chi connectivity index (χ0v) is 9.93. The first-order valence-corrected chi connectivity index (χ1v) is 5.36. The molecule has 2 rings (SSSR count). The minimum atomic E-state index is -0.198. The molecule has 0 aliphatic heterocycles. The third-order valence-electron chi connectivity index (χ3n) is 2.90. The fraction of sp³-hybridized carbons (Fsp3) is 0.385. The van der Waals surface area contributed by atoms with E-state index in [9.17, 15) is 0 Å². The Labute approximate surface area is 95.6 Å². The van der Waals surface area contributed by atoms with Gasteiger partial charge in [-0.05, 0) is 24.6 Å². The maximum absolute atomic E-state index is 5.21. The molecule has 86 valence electrons. The molecule has 16 heavy (non-hydrogen) atoms. The van der Waals surface area contributed by atoms with E-state index in [4.69, 9.17) is 9.47 Å². The lowest BCUT2D eigenvalue weighted by atomic mass is 10.1. The molecule has 0 aliphatic carbocycles. The summed E-state index contributed by atoms with van der Waals surface area (Å²) in [5, 5.41) is 1.29. The maximum Gasteiger partial charge on any atom is 0.174 e. The molecular weight excluding hydrogens is 202 g/mol. The molecular formula is C13H17NO2. The minimum Gasteiger partial charge on any atom is -0.354 e. The minimum absolute atomic E-state index is 0.198. The number of ether oxygens (including phenoxy) is 2. The molecule has 0 atom stereocenters. The SMILES string of the molecule is COC(Cn1ccc2c(C)cccc21)OC. The number of hydrogen-bond acceptors (Lipinski definition) is 2. The Hall–Kier alpha value is -1.32. The summed E-state index contributed by atoms with van der Waals surface area (Å²) < 4.78 is 12.6. The summed E-state index contributed by atoms with van der Waals surface area (Å²) in [6.07, 6.45) is 1.87. The molecule has 3 heteroatoms. The van der Waals surface area contributed by atoms with Crippen molar-refractivity contribution in [1.82, 2.24) is 4.57 Å². The van der Waals surface area contributed by atoms with Crippen LogP contribution in [0.4, 0.5) is 0 Å². The van der Waals surface area contributed by atoms with Gasteiger partial charge in [-0.1, -0.05) is 12.1 Å². The first-order valence-electron chi connectivity index (χ1n) is 5.36. The molecule has 0 spiro atoms.